The maximum absolute atomic E-state index is 11.1. The topological polar surface area (TPSA) is 103 Å². The number of carboxylic acids is 1. The molecule has 0 aliphatic heterocycles. The number of para-hydroxylation sites is 1. The molecule has 0 unspecified atom stereocenters. The van der Waals surface area contributed by atoms with Crippen molar-refractivity contribution in [3.05, 3.63) is 65.9 Å². The van der Waals surface area contributed by atoms with Crippen LogP contribution >= 0.6 is 11.3 Å². The summed E-state index contributed by atoms with van der Waals surface area (Å²) in [6.45, 7) is 0. The van der Waals surface area contributed by atoms with Crippen LogP contribution in [-0.4, -0.2) is 36.3 Å². The Labute approximate surface area is 151 Å². The van der Waals surface area contributed by atoms with Crippen molar-refractivity contribution in [2.45, 2.75) is 0 Å². The van der Waals surface area contributed by atoms with E-state index in [4.69, 9.17) is 9.84 Å². The van der Waals surface area contributed by atoms with E-state index in [2.05, 4.69) is 20.5 Å². The largest absolute Gasteiger partial charge is 0.477 e. The van der Waals surface area contributed by atoms with E-state index in [1.54, 1.807) is 12.1 Å². The fourth-order valence-corrected chi connectivity index (χ4v) is 3.06. The molecule has 4 aromatic rings. The van der Waals surface area contributed by atoms with Gasteiger partial charge in [0.25, 0.3) is 0 Å². The van der Waals surface area contributed by atoms with Crippen LogP contribution in [0.4, 0.5) is 0 Å². The lowest BCUT2D eigenvalue weighted by Crippen LogP contribution is -1.99. The van der Waals surface area contributed by atoms with Crippen LogP contribution in [0.15, 0.2) is 61.1 Å². The minimum Gasteiger partial charge on any atom is -0.477 e. The van der Waals surface area contributed by atoms with Crippen LogP contribution in [0.1, 0.15) is 9.67 Å². The molecule has 0 aliphatic carbocycles. The van der Waals surface area contributed by atoms with Gasteiger partial charge in [0, 0.05) is 5.56 Å². The maximum atomic E-state index is 11.1. The molecule has 0 radical (unpaired) electrons. The second-order valence-corrected chi connectivity index (χ2v) is 6.22. The molecule has 0 saturated carbocycles. The highest BCUT2D eigenvalue weighted by Gasteiger charge is 2.14. The van der Waals surface area contributed by atoms with Gasteiger partial charge in [0.1, 0.15) is 27.6 Å². The summed E-state index contributed by atoms with van der Waals surface area (Å²) in [5, 5.41) is 20.9. The minimum absolute atomic E-state index is 0.175. The highest BCUT2D eigenvalue weighted by atomic mass is 32.1. The summed E-state index contributed by atoms with van der Waals surface area (Å²) in [5.41, 5.74) is 1.36. The SMILES string of the molecule is O=C(O)c1cnc(-c2ccc(Oc3ccccc3)c(-n3cnnn3)c2)s1. The zero-order chi connectivity index (χ0) is 17.9. The quantitative estimate of drug-likeness (QED) is 0.579. The third-order valence-electron chi connectivity index (χ3n) is 3.49. The first kappa shape index (κ1) is 15.9. The van der Waals surface area contributed by atoms with Crippen LogP contribution < -0.4 is 4.74 Å². The van der Waals surface area contributed by atoms with Gasteiger partial charge in [-0.3, -0.25) is 0 Å². The fraction of sp³-hybridized carbons (Fsp3) is 0. The van der Waals surface area contributed by atoms with E-state index >= 15 is 0 Å². The van der Waals surface area contributed by atoms with Crippen molar-refractivity contribution in [1.29, 1.82) is 0 Å². The van der Waals surface area contributed by atoms with E-state index in [9.17, 15) is 4.79 Å². The number of benzene rings is 2. The first-order valence-electron chi connectivity index (χ1n) is 7.50. The number of nitrogens with zero attached hydrogens (tertiary/aromatic N) is 5. The summed E-state index contributed by atoms with van der Waals surface area (Å²) in [6.07, 6.45) is 2.80. The number of hydrogen-bond acceptors (Lipinski definition) is 7. The molecule has 0 spiro atoms. The van der Waals surface area contributed by atoms with Crippen LogP contribution in [0, 0.1) is 0 Å². The molecule has 2 heterocycles. The van der Waals surface area contributed by atoms with E-state index < -0.39 is 5.97 Å². The highest BCUT2D eigenvalue weighted by Crippen LogP contribution is 2.33. The second-order valence-electron chi connectivity index (χ2n) is 5.19. The van der Waals surface area contributed by atoms with Crippen molar-refractivity contribution in [2.75, 3.05) is 0 Å². The van der Waals surface area contributed by atoms with Gasteiger partial charge in [-0.15, -0.1) is 16.4 Å². The molecule has 8 nitrogen and oxygen atoms in total. The van der Waals surface area contributed by atoms with Gasteiger partial charge >= 0.3 is 5.97 Å². The summed E-state index contributed by atoms with van der Waals surface area (Å²) < 4.78 is 7.42. The van der Waals surface area contributed by atoms with Crippen LogP contribution in [0.3, 0.4) is 0 Å². The van der Waals surface area contributed by atoms with Gasteiger partial charge in [0.2, 0.25) is 0 Å². The summed E-state index contributed by atoms with van der Waals surface area (Å²) >= 11 is 1.10. The van der Waals surface area contributed by atoms with Crippen molar-refractivity contribution < 1.29 is 14.6 Å². The van der Waals surface area contributed by atoms with Gasteiger partial charge in [0.05, 0.1) is 6.20 Å². The Balaban J connectivity index is 1.76. The third kappa shape index (κ3) is 3.15. The maximum Gasteiger partial charge on any atom is 0.347 e. The van der Waals surface area contributed by atoms with E-state index in [1.165, 1.54) is 17.2 Å². The average molecular weight is 365 g/mol. The molecule has 128 valence electrons. The van der Waals surface area contributed by atoms with Gasteiger partial charge < -0.3 is 9.84 Å². The van der Waals surface area contributed by atoms with Gasteiger partial charge in [-0.25, -0.2) is 9.78 Å². The van der Waals surface area contributed by atoms with Gasteiger partial charge in [0.15, 0.2) is 5.75 Å². The number of thiazole rings is 1. The van der Waals surface area contributed by atoms with Gasteiger partial charge in [-0.2, -0.15) is 4.68 Å². The molecule has 1 N–H and O–H groups in total. The van der Waals surface area contributed by atoms with Crippen LogP contribution in [0.25, 0.3) is 16.3 Å². The van der Waals surface area contributed by atoms with Gasteiger partial charge in [-0.1, -0.05) is 18.2 Å². The Morgan fingerprint density at radius 1 is 1.15 bits per heavy atom. The lowest BCUT2D eigenvalue weighted by Gasteiger charge is -2.11. The molecule has 2 aromatic carbocycles. The van der Waals surface area contributed by atoms with Crippen LogP contribution in [0.5, 0.6) is 11.5 Å². The highest BCUT2D eigenvalue weighted by molar-refractivity contribution is 7.16. The monoisotopic (exact) mass is 365 g/mol. The average Bonchev–Trinajstić information content (AvgIpc) is 3.35. The summed E-state index contributed by atoms with van der Waals surface area (Å²) in [6, 6.07) is 14.7. The second kappa shape index (κ2) is 6.73. The number of tetrazole rings is 1. The first-order valence-corrected chi connectivity index (χ1v) is 8.32. The number of aromatic nitrogens is 5. The molecule has 0 atom stereocenters. The minimum atomic E-state index is -1.00. The standard InChI is InChI=1S/C17H11N5O3S/c23-17(24)15-9-18-16(26-15)11-6-7-14(25-12-4-2-1-3-5-12)13(8-11)22-10-19-20-21-22/h1-10H,(H,23,24). The zero-order valence-electron chi connectivity index (χ0n) is 13.2. The Morgan fingerprint density at radius 3 is 2.69 bits per heavy atom. The Bertz CT molecular complexity index is 1050. The number of hydrogen-bond donors (Lipinski definition) is 1. The summed E-state index contributed by atoms with van der Waals surface area (Å²) in [5.74, 6) is 0.234. The number of carboxylic acid groups (broad SMARTS) is 1. The Hall–Kier alpha value is -3.59. The molecule has 2 aromatic heterocycles. The lowest BCUT2D eigenvalue weighted by atomic mass is 10.2. The summed E-state index contributed by atoms with van der Waals surface area (Å²) in [4.78, 5) is 15.4. The van der Waals surface area contributed by atoms with Crippen LogP contribution in [0.2, 0.25) is 0 Å². The molecular weight excluding hydrogens is 354 g/mol. The number of carbonyl (C=O) groups is 1. The molecule has 0 bridgehead atoms. The fourth-order valence-electron chi connectivity index (χ4n) is 2.31. The molecule has 0 amide bonds. The summed E-state index contributed by atoms with van der Waals surface area (Å²) in [7, 11) is 0. The van der Waals surface area contributed by atoms with E-state index in [1.807, 2.05) is 36.4 Å². The Kier molecular flexibility index (Phi) is 4.12. The molecule has 4 rings (SSSR count). The molecule has 0 saturated heterocycles. The van der Waals surface area contributed by atoms with Gasteiger partial charge in [-0.05, 0) is 40.8 Å². The third-order valence-corrected chi connectivity index (χ3v) is 4.52. The molecule has 26 heavy (non-hydrogen) atoms. The predicted molar refractivity (Wildman–Crippen MR) is 93.7 cm³/mol. The molecule has 0 aliphatic rings. The van der Waals surface area contributed by atoms with Crippen molar-refractivity contribution in [2.24, 2.45) is 0 Å². The van der Waals surface area contributed by atoms with E-state index in [-0.39, 0.29) is 4.88 Å². The van der Waals surface area contributed by atoms with Crippen molar-refractivity contribution in [1.82, 2.24) is 25.2 Å². The molecular formula is C17H11N5O3S. The van der Waals surface area contributed by atoms with Crippen molar-refractivity contribution >= 4 is 17.3 Å². The van der Waals surface area contributed by atoms with Crippen LogP contribution in [-0.2, 0) is 0 Å². The number of rotatable bonds is 5. The first-order chi connectivity index (χ1) is 12.7. The lowest BCUT2D eigenvalue weighted by molar-refractivity contribution is 0.0702. The predicted octanol–water partition coefficient (Wildman–Crippen LogP) is 3.28. The molecule has 0 fully saturated rings. The number of ether oxygens (including phenoxy) is 1. The van der Waals surface area contributed by atoms with E-state index in [0.717, 1.165) is 16.9 Å². The molecule has 9 heteroatoms. The normalized spacial score (nSPS) is 10.6. The van der Waals surface area contributed by atoms with Crippen molar-refractivity contribution in [3.8, 4) is 27.8 Å². The number of aromatic carboxylic acids is 1. The van der Waals surface area contributed by atoms with Crippen molar-refractivity contribution in [3.63, 3.8) is 0 Å². The zero-order valence-corrected chi connectivity index (χ0v) is 14.0. The smallest absolute Gasteiger partial charge is 0.347 e. The van der Waals surface area contributed by atoms with E-state index in [0.29, 0.717) is 22.2 Å². The Morgan fingerprint density at radius 2 is 2.00 bits per heavy atom.